The largest absolute Gasteiger partial charge is 0.383 e. The molecule has 2 aromatic rings. The Morgan fingerprint density at radius 2 is 2.44 bits per heavy atom. The highest BCUT2D eigenvalue weighted by Gasteiger charge is 2.01. The summed E-state index contributed by atoms with van der Waals surface area (Å²) in [6.45, 7) is 1.21. The molecule has 0 aliphatic heterocycles. The van der Waals surface area contributed by atoms with Gasteiger partial charge in [-0.05, 0) is 6.07 Å². The van der Waals surface area contributed by atoms with Gasteiger partial charge in [0, 0.05) is 26.0 Å². The number of nitrogens with zero attached hydrogens (tertiary/aromatic N) is 2. The monoisotopic (exact) mass is 220 g/mol. The number of aromatic nitrogens is 3. The van der Waals surface area contributed by atoms with Crippen molar-refractivity contribution in [2.75, 3.05) is 25.6 Å². The minimum atomic E-state index is -0.180. The molecule has 0 atom stereocenters. The Kier molecular flexibility index (Phi) is 3.11. The molecule has 0 unspecified atom stereocenters. The van der Waals surface area contributed by atoms with Crippen LogP contribution in [0.1, 0.15) is 0 Å². The maximum absolute atomic E-state index is 11.4. The highest BCUT2D eigenvalue weighted by atomic mass is 16.5. The summed E-state index contributed by atoms with van der Waals surface area (Å²) in [6.07, 6.45) is 3.08. The van der Waals surface area contributed by atoms with Crippen molar-refractivity contribution in [3.8, 4) is 0 Å². The minimum Gasteiger partial charge on any atom is -0.383 e. The highest BCUT2D eigenvalue weighted by Crippen LogP contribution is 2.06. The Morgan fingerprint density at radius 3 is 3.25 bits per heavy atom. The smallest absolute Gasteiger partial charge is 0.258 e. The molecule has 0 saturated carbocycles. The van der Waals surface area contributed by atoms with E-state index in [0.717, 1.165) is 0 Å². The van der Waals surface area contributed by atoms with Crippen LogP contribution in [0.4, 0.5) is 5.95 Å². The van der Waals surface area contributed by atoms with E-state index in [4.69, 9.17) is 4.74 Å². The zero-order valence-corrected chi connectivity index (χ0v) is 8.86. The molecule has 2 N–H and O–H groups in total. The quantitative estimate of drug-likeness (QED) is 0.728. The van der Waals surface area contributed by atoms with Crippen molar-refractivity contribution in [2.24, 2.45) is 0 Å². The van der Waals surface area contributed by atoms with Crippen molar-refractivity contribution in [3.63, 3.8) is 0 Å². The summed E-state index contributed by atoms with van der Waals surface area (Å²) in [6, 6.07) is 1.74. The molecule has 2 rings (SSSR count). The second kappa shape index (κ2) is 4.71. The number of H-pyrrole nitrogens is 1. The lowest BCUT2D eigenvalue weighted by Crippen LogP contribution is -2.12. The van der Waals surface area contributed by atoms with E-state index < -0.39 is 0 Å². The number of hydrogen-bond donors (Lipinski definition) is 2. The number of aromatic amines is 1. The lowest BCUT2D eigenvalue weighted by Gasteiger charge is -2.04. The van der Waals surface area contributed by atoms with Crippen molar-refractivity contribution >= 4 is 16.9 Å². The third kappa shape index (κ3) is 2.17. The summed E-state index contributed by atoms with van der Waals surface area (Å²) in [5, 5.41) is 3.48. The van der Waals surface area contributed by atoms with E-state index in [2.05, 4.69) is 20.3 Å². The number of fused-ring (bicyclic) bond motifs is 1. The molecule has 16 heavy (non-hydrogen) atoms. The van der Waals surface area contributed by atoms with Gasteiger partial charge in [-0.1, -0.05) is 0 Å². The molecule has 2 aromatic heterocycles. The third-order valence-corrected chi connectivity index (χ3v) is 2.11. The summed E-state index contributed by atoms with van der Waals surface area (Å²) < 4.78 is 4.90. The summed E-state index contributed by atoms with van der Waals surface area (Å²) >= 11 is 0. The fourth-order valence-electron chi connectivity index (χ4n) is 1.32. The SMILES string of the molecule is COCCNc1ncc2c(=O)[nH]ccc2n1. The first kappa shape index (κ1) is 10.6. The van der Waals surface area contributed by atoms with Crippen LogP contribution in [0, 0.1) is 0 Å². The van der Waals surface area contributed by atoms with Gasteiger partial charge < -0.3 is 15.0 Å². The van der Waals surface area contributed by atoms with Crippen molar-refractivity contribution < 1.29 is 4.74 Å². The topological polar surface area (TPSA) is 79.9 Å². The van der Waals surface area contributed by atoms with Gasteiger partial charge in [-0.2, -0.15) is 0 Å². The van der Waals surface area contributed by atoms with Crippen LogP contribution in [0.5, 0.6) is 0 Å². The minimum absolute atomic E-state index is 0.180. The molecule has 6 nitrogen and oxygen atoms in total. The van der Waals surface area contributed by atoms with Crippen LogP contribution in [-0.4, -0.2) is 35.2 Å². The number of methoxy groups -OCH3 is 1. The highest BCUT2D eigenvalue weighted by molar-refractivity contribution is 5.77. The summed E-state index contributed by atoms with van der Waals surface area (Å²) in [5.74, 6) is 0.496. The van der Waals surface area contributed by atoms with Gasteiger partial charge in [-0.15, -0.1) is 0 Å². The number of nitrogens with one attached hydrogen (secondary N) is 2. The zero-order valence-electron chi connectivity index (χ0n) is 8.86. The molecule has 2 heterocycles. The Morgan fingerprint density at radius 1 is 1.56 bits per heavy atom. The number of ether oxygens (including phenoxy) is 1. The number of rotatable bonds is 4. The van der Waals surface area contributed by atoms with Crippen LogP contribution >= 0.6 is 0 Å². The van der Waals surface area contributed by atoms with E-state index in [1.807, 2.05) is 0 Å². The molecular weight excluding hydrogens is 208 g/mol. The van der Waals surface area contributed by atoms with Gasteiger partial charge in [0.15, 0.2) is 0 Å². The van der Waals surface area contributed by atoms with Crippen LogP contribution < -0.4 is 10.9 Å². The standard InChI is InChI=1S/C10H12N4O2/c1-16-5-4-12-10-13-6-7-8(14-10)2-3-11-9(7)15/h2-3,6H,4-5H2,1H3,(H,11,15)(H,12,13,14). The van der Waals surface area contributed by atoms with E-state index in [1.165, 1.54) is 6.20 Å². The maximum atomic E-state index is 11.4. The van der Waals surface area contributed by atoms with Crippen molar-refractivity contribution in [3.05, 3.63) is 28.8 Å². The molecule has 0 aromatic carbocycles. The number of anilines is 1. The van der Waals surface area contributed by atoms with Gasteiger partial charge in [-0.3, -0.25) is 4.79 Å². The van der Waals surface area contributed by atoms with Gasteiger partial charge in [0.05, 0.1) is 17.5 Å². The lowest BCUT2D eigenvalue weighted by molar-refractivity contribution is 0.210. The molecule has 0 fully saturated rings. The fourth-order valence-corrected chi connectivity index (χ4v) is 1.32. The molecule has 0 aliphatic rings. The van der Waals surface area contributed by atoms with Crippen LogP contribution in [0.15, 0.2) is 23.3 Å². The maximum Gasteiger partial charge on any atom is 0.258 e. The first-order valence-corrected chi connectivity index (χ1v) is 4.88. The number of pyridine rings is 1. The predicted molar refractivity (Wildman–Crippen MR) is 60.5 cm³/mol. The molecule has 6 heteroatoms. The van der Waals surface area contributed by atoms with Crippen molar-refractivity contribution in [1.29, 1.82) is 0 Å². The van der Waals surface area contributed by atoms with Crippen LogP contribution in [0.2, 0.25) is 0 Å². The second-order valence-electron chi connectivity index (χ2n) is 3.22. The van der Waals surface area contributed by atoms with Crippen molar-refractivity contribution in [1.82, 2.24) is 15.0 Å². The van der Waals surface area contributed by atoms with E-state index in [1.54, 1.807) is 19.4 Å². The molecule has 0 spiro atoms. The van der Waals surface area contributed by atoms with E-state index in [0.29, 0.717) is 30.0 Å². The Bertz CT molecular complexity index is 538. The molecule has 0 saturated heterocycles. The van der Waals surface area contributed by atoms with Gasteiger partial charge >= 0.3 is 0 Å². The first-order valence-electron chi connectivity index (χ1n) is 4.88. The van der Waals surface area contributed by atoms with E-state index >= 15 is 0 Å². The van der Waals surface area contributed by atoms with Gasteiger partial charge in [0.2, 0.25) is 5.95 Å². The molecule has 0 aliphatic carbocycles. The average molecular weight is 220 g/mol. The molecule has 0 radical (unpaired) electrons. The fraction of sp³-hybridized carbons (Fsp3) is 0.300. The van der Waals surface area contributed by atoms with Gasteiger partial charge in [0.25, 0.3) is 5.56 Å². The molecule has 84 valence electrons. The lowest BCUT2D eigenvalue weighted by atomic mass is 10.3. The Balaban J connectivity index is 2.27. The molecular formula is C10H12N4O2. The summed E-state index contributed by atoms with van der Waals surface area (Å²) in [5.41, 5.74) is 0.444. The predicted octanol–water partition coefficient (Wildman–Crippen LogP) is 0.376. The first-order chi connectivity index (χ1) is 7.81. The van der Waals surface area contributed by atoms with Gasteiger partial charge in [-0.25, -0.2) is 9.97 Å². The number of hydrogen-bond acceptors (Lipinski definition) is 5. The third-order valence-electron chi connectivity index (χ3n) is 2.11. The summed E-state index contributed by atoms with van der Waals surface area (Å²) in [7, 11) is 1.63. The summed E-state index contributed by atoms with van der Waals surface area (Å²) in [4.78, 5) is 22.2. The average Bonchev–Trinajstić information content (AvgIpc) is 2.30. The molecule has 0 bridgehead atoms. The van der Waals surface area contributed by atoms with E-state index in [9.17, 15) is 4.79 Å². The van der Waals surface area contributed by atoms with Crippen molar-refractivity contribution in [2.45, 2.75) is 0 Å². The van der Waals surface area contributed by atoms with Crippen LogP contribution in [-0.2, 0) is 4.74 Å². The Labute approximate surface area is 91.7 Å². The molecule has 0 amide bonds. The van der Waals surface area contributed by atoms with Crippen LogP contribution in [0.25, 0.3) is 10.9 Å². The normalized spacial score (nSPS) is 10.6. The van der Waals surface area contributed by atoms with Gasteiger partial charge in [0.1, 0.15) is 0 Å². The zero-order chi connectivity index (χ0) is 11.4. The van der Waals surface area contributed by atoms with Crippen LogP contribution in [0.3, 0.4) is 0 Å². The second-order valence-corrected chi connectivity index (χ2v) is 3.22. The van der Waals surface area contributed by atoms with E-state index in [-0.39, 0.29) is 5.56 Å². The Hall–Kier alpha value is -1.95.